The predicted octanol–water partition coefficient (Wildman–Crippen LogP) is 3.26. The molecule has 3 aromatic heterocycles. The van der Waals surface area contributed by atoms with Gasteiger partial charge in [-0.2, -0.15) is 0 Å². The van der Waals surface area contributed by atoms with Crippen LogP contribution in [0.25, 0.3) is 11.2 Å². The van der Waals surface area contributed by atoms with Crippen LogP contribution in [-0.4, -0.2) is 30.8 Å². The minimum atomic E-state index is 0.372. The van der Waals surface area contributed by atoms with Gasteiger partial charge in [-0.05, 0) is 31.2 Å². The molecular weight excluding hydrogens is 306 g/mol. The first-order valence-corrected chi connectivity index (χ1v) is 8.02. The summed E-state index contributed by atoms with van der Waals surface area (Å²) in [4.78, 5) is 18.3. The largest absolute Gasteiger partial charge is 0.309 e. The minimum Gasteiger partial charge on any atom is -0.309 e. The Labute approximate surface area is 131 Å². The summed E-state index contributed by atoms with van der Waals surface area (Å²) in [7, 11) is 0. The molecule has 0 aliphatic carbocycles. The van der Waals surface area contributed by atoms with Crippen molar-refractivity contribution in [2.45, 2.75) is 25.3 Å². The van der Waals surface area contributed by atoms with Gasteiger partial charge < -0.3 is 4.57 Å². The quantitative estimate of drug-likeness (QED) is 0.548. The van der Waals surface area contributed by atoms with Gasteiger partial charge in [0.25, 0.3) is 0 Å². The van der Waals surface area contributed by atoms with Crippen molar-refractivity contribution in [2.75, 3.05) is 6.26 Å². The maximum absolute atomic E-state index is 6.03. The molecule has 0 aromatic carbocycles. The molecule has 0 spiro atoms. The Kier molecular flexibility index (Phi) is 3.82. The smallest absolute Gasteiger partial charge is 0.165 e. The summed E-state index contributed by atoms with van der Waals surface area (Å²) in [5, 5.41) is 0.372. The number of halogens is 1. The molecule has 0 bridgehead atoms. The maximum Gasteiger partial charge on any atom is 0.165 e. The fourth-order valence-electron chi connectivity index (χ4n) is 2.36. The van der Waals surface area contributed by atoms with Crippen LogP contribution in [-0.2, 0) is 6.54 Å². The number of hydrogen-bond acceptors (Lipinski definition) is 5. The predicted molar refractivity (Wildman–Crippen MR) is 84.9 cm³/mol. The molecule has 108 valence electrons. The number of aromatic nitrogens is 5. The second-order valence-corrected chi connectivity index (χ2v) is 5.93. The molecule has 0 unspecified atom stereocenters. The van der Waals surface area contributed by atoms with Gasteiger partial charge in [0.15, 0.2) is 10.8 Å². The van der Waals surface area contributed by atoms with Crippen molar-refractivity contribution in [2.24, 2.45) is 0 Å². The van der Waals surface area contributed by atoms with Crippen LogP contribution in [0.1, 0.15) is 16.8 Å². The zero-order valence-electron chi connectivity index (χ0n) is 12.0. The Morgan fingerprint density at radius 1 is 1.19 bits per heavy atom. The fourth-order valence-corrected chi connectivity index (χ4v) is 3.34. The van der Waals surface area contributed by atoms with Crippen molar-refractivity contribution in [1.29, 1.82) is 0 Å². The number of rotatable bonds is 3. The van der Waals surface area contributed by atoms with Crippen LogP contribution in [0.15, 0.2) is 23.7 Å². The lowest BCUT2D eigenvalue weighted by Crippen LogP contribution is -2.05. The summed E-state index contributed by atoms with van der Waals surface area (Å²) >= 11 is 7.77. The molecule has 0 amide bonds. The lowest BCUT2D eigenvalue weighted by atomic mass is 10.1. The monoisotopic (exact) mass is 319 g/mol. The number of pyridine rings is 1. The average molecular weight is 320 g/mol. The van der Waals surface area contributed by atoms with E-state index in [2.05, 4.69) is 40.0 Å². The van der Waals surface area contributed by atoms with E-state index in [0.717, 1.165) is 11.3 Å². The van der Waals surface area contributed by atoms with E-state index in [-0.39, 0.29) is 0 Å². The molecule has 0 saturated heterocycles. The first-order chi connectivity index (χ1) is 10.1. The van der Waals surface area contributed by atoms with Crippen LogP contribution < -0.4 is 0 Å². The number of nitrogens with zero attached hydrogens (tertiary/aromatic N) is 5. The van der Waals surface area contributed by atoms with E-state index in [0.29, 0.717) is 17.2 Å². The third kappa shape index (κ3) is 2.49. The van der Waals surface area contributed by atoms with Crippen LogP contribution in [0.4, 0.5) is 0 Å². The van der Waals surface area contributed by atoms with E-state index in [4.69, 9.17) is 11.6 Å². The Balaban J connectivity index is 2.05. The Bertz CT molecular complexity index is 814. The first-order valence-electron chi connectivity index (χ1n) is 6.42. The van der Waals surface area contributed by atoms with Crippen molar-refractivity contribution in [3.63, 3.8) is 0 Å². The molecule has 3 heterocycles. The molecule has 7 heteroatoms. The summed E-state index contributed by atoms with van der Waals surface area (Å²) in [6, 6.07) is 0. The normalized spacial score (nSPS) is 11.2. The average Bonchev–Trinajstić information content (AvgIpc) is 2.87. The highest BCUT2D eigenvalue weighted by Gasteiger charge is 2.12. The highest BCUT2D eigenvalue weighted by Crippen LogP contribution is 2.26. The highest BCUT2D eigenvalue weighted by atomic mass is 35.5. The lowest BCUT2D eigenvalue weighted by Gasteiger charge is -2.12. The maximum atomic E-state index is 6.03. The lowest BCUT2D eigenvalue weighted by molar-refractivity contribution is 0.773. The molecule has 0 aliphatic heterocycles. The van der Waals surface area contributed by atoms with Crippen LogP contribution in [0.3, 0.4) is 0 Å². The van der Waals surface area contributed by atoms with Crippen LogP contribution in [0, 0.1) is 13.8 Å². The van der Waals surface area contributed by atoms with Crippen LogP contribution in [0.5, 0.6) is 0 Å². The van der Waals surface area contributed by atoms with Crippen molar-refractivity contribution < 1.29 is 0 Å². The van der Waals surface area contributed by atoms with E-state index < -0.39 is 0 Å². The second kappa shape index (κ2) is 5.61. The standard InChI is InChI=1S/C14H14ClN5S/c1-8-4-16-10(9(2)12(8)21-3)5-20-7-19-11-13(15)17-6-18-14(11)20/h4,6-7H,5H2,1-3H3. The molecule has 3 rings (SSSR count). The fraction of sp³-hybridized carbons (Fsp3) is 0.286. The third-order valence-electron chi connectivity index (χ3n) is 3.43. The van der Waals surface area contributed by atoms with Gasteiger partial charge in [0.05, 0.1) is 18.6 Å². The highest BCUT2D eigenvalue weighted by molar-refractivity contribution is 7.98. The van der Waals surface area contributed by atoms with E-state index in [1.807, 2.05) is 10.8 Å². The summed E-state index contributed by atoms with van der Waals surface area (Å²) in [6.45, 7) is 4.79. The van der Waals surface area contributed by atoms with Gasteiger partial charge in [-0.25, -0.2) is 15.0 Å². The SMILES string of the molecule is CSc1c(C)cnc(Cn2cnc3c(Cl)ncnc32)c1C. The Hall–Kier alpha value is -1.66. The van der Waals surface area contributed by atoms with Crippen LogP contribution in [0.2, 0.25) is 5.15 Å². The molecule has 0 fully saturated rings. The minimum absolute atomic E-state index is 0.372. The summed E-state index contributed by atoms with van der Waals surface area (Å²) in [6.07, 6.45) is 7.17. The third-order valence-corrected chi connectivity index (χ3v) is 4.74. The van der Waals surface area contributed by atoms with Crippen molar-refractivity contribution in [3.05, 3.63) is 40.8 Å². The molecule has 5 nitrogen and oxygen atoms in total. The van der Waals surface area contributed by atoms with Gasteiger partial charge in [-0.15, -0.1) is 11.8 Å². The number of aryl methyl sites for hydroxylation is 1. The molecule has 0 aliphatic rings. The van der Waals surface area contributed by atoms with Crippen molar-refractivity contribution in [3.8, 4) is 0 Å². The van der Waals surface area contributed by atoms with Gasteiger partial charge in [-0.3, -0.25) is 4.98 Å². The van der Waals surface area contributed by atoms with Gasteiger partial charge in [0, 0.05) is 11.1 Å². The van der Waals surface area contributed by atoms with Crippen LogP contribution >= 0.6 is 23.4 Å². The number of thioether (sulfide) groups is 1. The summed E-state index contributed by atoms with van der Waals surface area (Å²) in [5.74, 6) is 0. The van der Waals surface area contributed by atoms with Gasteiger partial charge >= 0.3 is 0 Å². The number of fused-ring (bicyclic) bond motifs is 1. The molecule has 0 saturated carbocycles. The van der Waals surface area contributed by atoms with Crippen molar-refractivity contribution >= 4 is 34.5 Å². The second-order valence-electron chi connectivity index (χ2n) is 4.76. The number of hydrogen-bond donors (Lipinski definition) is 0. The summed E-state index contributed by atoms with van der Waals surface area (Å²) < 4.78 is 1.94. The molecule has 0 atom stereocenters. The van der Waals surface area contributed by atoms with Gasteiger partial charge in [-0.1, -0.05) is 11.6 Å². The van der Waals surface area contributed by atoms with E-state index in [1.165, 1.54) is 22.3 Å². The zero-order valence-corrected chi connectivity index (χ0v) is 13.5. The van der Waals surface area contributed by atoms with Gasteiger partial charge in [0.2, 0.25) is 0 Å². The number of imidazole rings is 1. The molecule has 0 N–H and O–H groups in total. The molecular formula is C14H14ClN5S. The van der Waals surface area contributed by atoms with Gasteiger partial charge in [0.1, 0.15) is 11.8 Å². The zero-order chi connectivity index (χ0) is 15.0. The topological polar surface area (TPSA) is 56.5 Å². The molecule has 0 radical (unpaired) electrons. The Morgan fingerprint density at radius 3 is 2.76 bits per heavy atom. The Morgan fingerprint density at radius 2 is 2.00 bits per heavy atom. The summed E-state index contributed by atoms with van der Waals surface area (Å²) in [5.41, 5.74) is 4.75. The molecule has 21 heavy (non-hydrogen) atoms. The van der Waals surface area contributed by atoms with E-state index in [9.17, 15) is 0 Å². The van der Waals surface area contributed by atoms with E-state index in [1.54, 1.807) is 18.1 Å². The molecule has 3 aromatic rings. The van der Waals surface area contributed by atoms with Crippen molar-refractivity contribution in [1.82, 2.24) is 24.5 Å². The first kappa shape index (κ1) is 14.3. The van der Waals surface area contributed by atoms with E-state index >= 15 is 0 Å².